The van der Waals surface area contributed by atoms with Gasteiger partial charge < -0.3 is 14.7 Å². The topological polar surface area (TPSA) is 66.8 Å². The zero-order valence-corrected chi connectivity index (χ0v) is 18.8. The summed E-state index contributed by atoms with van der Waals surface area (Å²) in [6.07, 6.45) is -0.339. The maximum absolute atomic E-state index is 13.2. The molecule has 0 saturated carbocycles. The monoisotopic (exact) mass is 499 g/mol. The molecule has 5 nitrogen and oxygen atoms in total. The highest BCUT2D eigenvalue weighted by Gasteiger charge is 2.50. The SMILES string of the molecule is O=C(CC1(O)C(=O)N(CCOc2ccc(Cl)cc2)c2ccccc21)c1cccc(Br)c1. The summed E-state index contributed by atoms with van der Waals surface area (Å²) >= 11 is 9.23. The highest BCUT2D eigenvalue weighted by molar-refractivity contribution is 9.10. The Balaban J connectivity index is 1.53. The van der Waals surface area contributed by atoms with Crippen LogP contribution in [0.2, 0.25) is 5.02 Å². The first-order valence-electron chi connectivity index (χ1n) is 9.69. The third kappa shape index (κ3) is 4.37. The molecule has 0 saturated heterocycles. The van der Waals surface area contributed by atoms with Crippen LogP contribution < -0.4 is 9.64 Å². The lowest BCUT2D eigenvalue weighted by Gasteiger charge is -2.23. The lowest BCUT2D eigenvalue weighted by Crippen LogP contribution is -2.43. The van der Waals surface area contributed by atoms with Crippen molar-refractivity contribution < 1.29 is 19.4 Å². The van der Waals surface area contributed by atoms with E-state index in [2.05, 4.69) is 15.9 Å². The average Bonchev–Trinajstić information content (AvgIpc) is 2.97. The molecule has 1 atom stereocenters. The molecule has 0 bridgehead atoms. The Kier molecular flexibility index (Phi) is 6.14. The van der Waals surface area contributed by atoms with Crippen LogP contribution in [0, 0.1) is 0 Å². The van der Waals surface area contributed by atoms with Gasteiger partial charge in [-0.2, -0.15) is 0 Å². The molecule has 4 rings (SSSR count). The number of hydrogen-bond donors (Lipinski definition) is 1. The van der Waals surface area contributed by atoms with Crippen molar-refractivity contribution in [3.63, 3.8) is 0 Å². The van der Waals surface area contributed by atoms with Crippen LogP contribution in [0.3, 0.4) is 0 Å². The summed E-state index contributed by atoms with van der Waals surface area (Å²) in [6.45, 7) is 0.448. The van der Waals surface area contributed by atoms with Crippen molar-refractivity contribution in [2.45, 2.75) is 12.0 Å². The number of aliphatic hydroxyl groups is 1. The largest absolute Gasteiger partial charge is 0.492 e. The highest BCUT2D eigenvalue weighted by Crippen LogP contribution is 2.42. The fourth-order valence-corrected chi connectivity index (χ4v) is 4.21. The number of ether oxygens (including phenoxy) is 1. The van der Waals surface area contributed by atoms with Crippen molar-refractivity contribution in [1.29, 1.82) is 0 Å². The summed E-state index contributed by atoms with van der Waals surface area (Å²) in [6, 6.07) is 20.8. The zero-order chi connectivity index (χ0) is 22.0. The second-order valence-corrected chi connectivity index (χ2v) is 8.60. The van der Waals surface area contributed by atoms with Crippen molar-refractivity contribution in [2.24, 2.45) is 0 Å². The number of nitrogens with zero attached hydrogens (tertiary/aromatic N) is 1. The van der Waals surface area contributed by atoms with Gasteiger partial charge in [-0.25, -0.2) is 0 Å². The van der Waals surface area contributed by atoms with Gasteiger partial charge in [-0.3, -0.25) is 9.59 Å². The first-order chi connectivity index (χ1) is 14.9. The number of para-hydroxylation sites is 1. The predicted molar refractivity (Wildman–Crippen MR) is 123 cm³/mol. The maximum atomic E-state index is 13.2. The van der Waals surface area contributed by atoms with Gasteiger partial charge in [0.2, 0.25) is 0 Å². The number of fused-ring (bicyclic) bond motifs is 1. The summed E-state index contributed by atoms with van der Waals surface area (Å²) in [4.78, 5) is 27.6. The highest BCUT2D eigenvalue weighted by atomic mass is 79.9. The predicted octanol–water partition coefficient (Wildman–Crippen LogP) is 4.99. The van der Waals surface area contributed by atoms with Crippen molar-refractivity contribution in [3.05, 3.63) is 93.4 Å². The number of amides is 1. The molecule has 1 aliphatic heterocycles. The standard InChI is InChI=1S/C24H19BrClNO4/c25-17-5-3-4-16(14-17)22(28)15-24(30)20-6-1-2-7-21(20)27(23(24)29)12-13-31-19-10-8-18(26)9-11-19/h1-11,14,30H,12-13,15H2. The molecule has 1 unspecified atom stereocenters. The van der Waals surface area contributed by atoms with Crippen molar-refractivity contribution >= 4 is 44.9 Å². The van der Waals surface area contributed by atoms with Crippen LogP contribution in [-0.4, -0.2) is 29.9 Å². The lowest BCUT2D eigenvalue weighted by atomic mass is 9.88. The molecule has 158 valence electrons. The van der Waals surface area contributed by atoms with Crippen molar-refractivity contribution in [3.8, 4) is 5.75 Å². The molecule has 1 N–H and O–H groups in total. The Morgan fingerprint density at radius 1 is 1.06 bits per heavy atom. The third-order valence-corrected chi connectivity index (χ3v) is 5.94. The van der Waals surface area contributed by atoms with E-state index in [9.17, 15) is 14.7 Å². The summed E-state index contributed by atoms with van der Waals surface area (Å²) in [7, 11) is 0. The molecular weight excluding hydrogens is 482 g/mol. The van der Waals surface area contributed by atoms with Crippen LogP contribution in [0.25, 0.3) is 0 Å². The average molecular weight is 501 g/mol. The normalized spacial score (nSPS) is 17.5. The van der Waals surface area contributed by atoms with Crippen LogP contribution in [0.15, 0.2) is 77.3 Å². The molecule has 0 fully saturated rings. The molecule has 0 spiro atoms. The summed E-state index contributed by atoms with van der Waals surface area (Å²) < 4.78 is 6.47. The number of ketones is 1. The molecule has 0 aliphatic carbocycles. The fraction of sp³-hybridized carbons (Fsp3) is 0.167. The Bertz CT molecular complexity index is 1130. The van der Waals surface area contributed by atoms with E-state index in [1.807, 2.05) is 6.07 Å². The summed E-state index contributed by atoms with van der Waals surface area (Å²) in [5, 5.41) is 12.0. The van der Waals surface area contributed by atoms with E-state index in [0.717, 1.165) is 4.47 Å². The molecule has 0 radical (unpaired) electrons. The number of rotatable bonds is 7. The first-order valence-corrected chi connectivity index (χ1v) is 10.9. The molecule has 0 aromatic heterocycles. The van der Waals surface area contributed by atoms with E-state index in [1.165, 1.54) is 4.90 Å². The van der Waals surface area contributed by atoms with Crippen LogP contribution in [-0.2, 0) is 10.4 Å². The van der Waals surface area contributed by atoms with Crippen LogP contribution in [0.4, 0.5) is 5.69 Å². The smallest absolute Gasteiger partial charge is 0.264 e. The Labute approximate surface area is 193 Å². The van der Waals surface area contributed by atoms with E-state index in [1.54, 1.807) is 66.7 Å². The number of carbonyl (C=O) groups is 2. The van der Waals surface area contributed by atoms with Gasteiger partial charge in [-0.1, -0.05) is 57.9 Å². The molecule has 1 heterocycles. The van der Waals surface area contributed by atoms with Crippen molar-refractivity contribution in [1.82, 2.24) is 0 Å². The van der Waals surface area contributed by atoms with E-state index in [4.69, 9.17) is 16.3 Å². The summed E-state index contributed by atoms with van der Waals surface area (Å²) in [5.41, 5.74) is -0.486. The zero-order valence-electron chi connectivity index (χ0n) is 16.4. The fourth-order valence-electron chi connectivity index (χ4n) is 3.68. The molecule has 1 aliphatic rings. The summed E-state index contributed by atoms with van der Waals surface area (Å²) in [5.74, 6) is -0.215. The third-order valence-electron chi connectivity index (χ3n) is 5.20. The molecule has 3 aromatic carbocycles. The molecular formula is C24H19BrClNO4. The lowest BCUT2D eigenvalue weighted by molar-refractivity contribution is -0.135. The van der Waals surface area contributed by atoms with Gasteiger partial charge in [0.1, 0.15) is 12.4 Å². The number of anilines is 1. The number of carbonyl (C=O) groups excluding carboxylic acids is 2. The number of halogens is 2. The molecule has 3 aromatic rings. The number of hydrogen-bond acceptors (Lipinski definition) is 4. The van der Waals surface area contributed by atoms with E-state index < -0.39 is 11.5 Å². The van der Waals surface area contributed by atoms with E-state index in [0.29, 0.717) is 27.6 Å². The first kappa shape index (κ1) is 21.6. The van der Waals surface area contributed by atoms with Gasteiger partial charge in [0.25, 0.3) is 5.91 Å². The molecule has 1 amide bonds. The minimum Gasteiger partial charge on any atom is -0.492 e. The van der Waals surface area contributed by atoms with Gasteiger partial charge >= 0.3 is 0 Å². The Morgan fingerprint density at radius 2 is 1.81 bits per heavy atom. The van der Waals surface area contributed by atoms with Crippen LogP contribution in [0.1, 0.15) is 22.3 Å². The minimum atomic E-state index is -1.92. The van der Waals surface area contributed by atoms with E-state index >= 15 is 0 Å². The number of Topliss-reactive ketones (excluding diaryl/α,β-unsaturated/α-hetero) is 1. The van der Waals surface area contributed by atoms with Gasteiger partial charge in [-0.05, 0) is 42.5 Å². The van der Waals surface area contributed by atoms with Crippen LogP contribution in [0.5, 0.6) is 5.75 Å². The van der Waals surface area contributed by atoms with Gasteiger partial charge in [0, 0.05) is 20.6 Å². The van der Waals surface area contributed by atoms with Crippen molar-refractivity contribution in [2.75, 3.05) is 18.1 Å². The van der Waals surface area contributed by atoms with Gasteiger partial charge in [0.15, 0.2) is 11.4 Å². The maximum Gasteiger partial charge on any atom is 0.264 e. The second kappa shape index (κ2) is 8.83. The van der Waals surface area contributed by atoms with E-state index in [-0.39, 0.29) is 25.4 Å². The molecule has 7 heteroatoms. The second-order valence-electron chi connectivity index (χ2n) is 7.25. The van der Waals surface area contributed by atoms with Crippen LogP contribution >= 0.6 is 27.5 Å². The Morgan fingerprint density at radius 3 is 2.55 bits per heavy atom. The molecule has 31 heavy (non-hydrogen) atoms. The number of benzene rings is 3. The quantitative estimate of drug-likeness (QED) is 0.464. The van der Waals surface area contributed by atoms with Gasteiger partial charge in [0.05, 0.1) is 18.7 Å². The minimum absolute atomic E-state index is 0.220. The van der Waals surface area contributed by atoms with Gasteiger partial charge in [-0.15, -0.1) is 0 Å². The Hall–Kier alpha value is -2.67.